The third-order valence-corrected chi connectivity index (χ3v) is 3.08. The molecule has 2 N–H and O–H groups in total. The molecule has 1 unspecified atom stereocenters. The largest absolute Gasteiger partial charge is 0.369 e. The van der Waals surface area contributed by atoms with Crippen LogP contribution in [0.5, 0.6) is 0 Å². The number of nitrogens with zero attached hydrogens (tertiary/aromatic N) is 1. The molecule has 0 saturated carbocycles. The van der Waals surface area contributed by atoms with E-state index in [4.69, 9.17) is 5.73 Å². The van der Waals surface area contributed by atoms with Gasteiger partial charge in [-0.15, -0.1) is 6.58 Å². The standard InChI is InChI=1S/C14H20N2/c1-11(2)7-8-16-10-13(15)9-12-5-3-4-6-14(12)16/h3-6,13H,1,7-10,15H2,2H3. The van der Waals surface area contributed by atoms with Gasteiger partial charge in [-0.25, -0.2) is 0 Å². The maximum absolute atomic E-state index is 6.08. The van der Waals surface area contributed by atoms with Gasteiger partial charge in [0.2, 0.25) is 0 Å². The molecule has 1 heterocycles. The van der Waals surface area contributed by atoms with Gasteiger partial charge >= 0.3 is 0 Å². The molecule has 1 aromatic carbocycles. The molecule has 2 heteroatoms. The number of hydrogen-bond acceptors (Lipinski definition) is 2. The van der Waals surface area contributed by atoms with Crippen molar-refractivity contribution in [1.29, 1.82) is 0 Å². The summed E-state index contributed by atoms with van der Waals surface area (Å²) < 4.78 is 0. The van der Waals surface area contributed by atoms with Crippen molar-refractivity contribution in [2.45, 2.75) is 25.8 Å². The Labute approximate surface area is 97.8 Å². The number of nitrogens with two attached hydrogens (primary N) is 1. The Morgan fingerprint density at radius 3 is 3.00 bits per heavy atom. The zero-order valence-corrected chi connectivity index (χ0v) is 9.95. The molecule has 0 saturated heterocycles. The minimum Gasteiger partial charge on any atom is -0.369 e. The zero-order chi connectivity index (χ0) is 11.5. The Morgan fingerprint density at radius 1 is 1.50 bits per heavy atom. The van der Waals surface area contributed by atoms with E-state index in [0.29, 0.717) is 0 Å². The number of hydrogen-bond donors (Lipinski definition) is 1. The van der Waals surface area contributed by atoms with Gasteiger partial charge in [0.1, 0.15) is 0 Å². The monoisotopic (exact) mass is 216 g/mol. The van der Waals surface area contributed by atoms with Crippen LogP contribution in [0.15, 0.2) is 36.4 Å². The third-order valence-electron chi connectivity index (χ3n) is 3.08. The van der Waals surface area contributed by atoms with Crippen molar-refractivity contribution < 1.29 is 0 Å². The van der Waals surface area contributed by atoms with Gasteiger partial charge in [0.05, 0.1) is 0 Å². The van der Waals surface area contributed by atoms with Crippen LogP contribution < -0.4 is 10.6 Å². The van der Waals surface area contributed by atoms with Gasteiger partial charge in [0.15, 0.2) is 0 Å². The van der Waals surface area contributed by atoms with E-state index in [1.54, 1.807) is 0 Å². The van der Waals surface area contributed by atoms with Crippen LogP contribution in [-0.4, -0.2) is 19.1 Å². The van der Waals surface area contributed by atoms with Crippen LogP contribution in [0.3, 0.4) is 0 Å². The molecule has 86 valence electrons. The second-order valence-corrected chi connectivity index (χ2v) is 4.75. The van der Waals surface area contributed by atoms with Crippen LogP contribution in [0.25, 0.3) is 0 Å². The van der Waals surface area contributed by atoms with E-state index < -0.39 is 0 Å². The number of anilines is 1. The quantitative estimate of drug-likeness (QED) is 0.786. The molecule has 2 nitrogen and oxygen atoms in total. The summed E-state index contributed by atoms with van der Waals surface area (Å²) in [5, 5.41) is 0. The van der Waals surface area contributed by atoms with E-state index >= 15 is 0 Å². The highest BCUT2D eigenvalue weighted by molar-refractivity contribution is 5.56. The van der Waals surface area contributed by atoms with Crippen molar-refractivity contribution in [3.63, 3.8) is 0 Å². The summed E-state index contributed by atoms with van der Waals surface area (Å²) in [6.07, 6.45) is 2.04. The Hall–Kier alpha value is -1.28. The lowest BCUT2D eigenvalue weighted by Crippen LogP contribution is -2.43. The molecular weight excluding hydrogens is 196 g/mol. The second kappa shape index (κ2) is 4.71. The van der Waals surface area contributed by atoms with Gasteiger partial charge in [0.25, 0.3) is 0 Å². The molecule has 0 bridgehead atoms. The zero-order valence-electron chi connectivity index (χ0n) is 9.95. The fourth-order valence-electron chi connectivity index (χ4n) is 2.26. The summed E-state index contributed by atoms with van der Waals surface area (Å²) in [4.78, 5) is 2.39. The summed E-state index contributed by atoms with van der Waals surface area (Å²) in [6, 6.07) is 8.83. The number of para-hydroxylation sites is 1. The molecule has 1 aliphatic rings. The molecule has 0 aromatic heterocycles. The van der Waals surface area contributed by atoms with Gasteiger partial charge in [0, 0.05) is 24.8 Å². The highest BCUT2D eigenvalue weighted by Crippen LogP contribution is 2.26. The first-order chi connectivity index (χ1) is 7.66. The number of fused-ring (bicyclic) bond motifs is 1. The molecule has 16 heavy (non-hydrogen) atoms. The lowest BCUT2D eigenvalue weighted by Gasteiger charge is -2.34. The van der Waals surface area contributed by atoms with E-state index in [9.17, 15) is 0 Å². The maximum Gasteiger partial charge on any atom is 0.0400 e. The molecule has 1 aliphatic heterocycles. The molecule has 0 aliphatic carbocycles. The molecule has 0 amide bonds. The lowest BCUT2D eigenvalue weighted by molar-refractivity contribution is 0.599. The van der Waals surface area contributed by atoms with Crippen LogP contribution in [0.2, 0.25) is 0 Å². The Morgan fingerprint density at radius 2 is 2.25 bits per heavy atom. The minimum atomic E-state index is 0.264. The van der Waals surface area contributed by atoms with E-state index in [-0.39, 0.29) is 6.04 Å². The molecule has 1 aromatic rings. The summed E-state index contributed by atoms with van der Waals surface area (Å²) in [5.41, 5.74) is 10.0. The molecule has 0 radical (unpaired) electrons. The SMILES string of the molecule is C=C(C)CCN1CC(N)Cc2ccccc21. The van der Waals surface area contributed by atoms with Crippen LogP contribution in [0.4, 0.5) is 5.69 Å². The van der Waals surface area contributed by atoms with Crippen LogP contribution in [0, 0.1) is 0 Å². The normalized spacial score (nSPS) is 19.4. The van der Waals surface area contributed by atoms with E-state index in [1.165, 1.54) is 16.8 Å². The van der Waals surface area contributed by atoms with Crippen molar-refractivity contribution in [3.05, 3.63) is 42.0 Å². The van der Waals surface area contributed by atoms with Crippen molar-refractivity contribution in [1.82, 2.24) is 0 Å². The molecular formula is C14H20N2. The van der Waals surface area contributed by atoms with Crippen molar-refractivity contribution in [2.75, 3.05) is 18.0 Å². The topological polar surface area (TPSA) is 29.3 Å². The smallest absolute Gasteiger partial charge is 0.0400 e. The highest BCUT2D eigenvalue weighted by Gasteiger charge is 2.20. The third kappa shape index (κ3) is 2.45. The van der Waals surface area contributed by atoms with Crippen molar-refractivity contribution in [2.24, 2.45) is 5.73 Å². The van der Waals surface area contributed by atoms with Gasteiger partial charge in [-0.2, -0.15) is 0 Å². The summed E-state index contributed by atoms with van der Waals surface area (Å²) in [6.45, 7) is 8.03. The Bertz CT molecular complexity index is 384. The van der Waals surface area contributed by atoms with Gasteiger partial charge in [-0.1, -0.05) is 23.8 Å². The van der Waals surface area contributed by atoms with Crippen molar-refractivity contribution in [3.8, 4) is 0 Å². The first-order valence-corrected chi connectivity index (χ1v) is 5.89. The van der Waals surface area contributed by atoms with Gasteiger partial charge < -0.3 is 10.6 Å². The molecule has 2 rings (SSSR count). The molecule has 0 spiro atoms. The van der Waals surface area contributed by atoms with Crippen LogP contribution in [0.1, 0.15) is 18.9 Å². The average Bonchev–Trinajstić information content (AvgIpc) is 2.25. The van der Waals surface area contributed by atoms with Crippen molar-refractivity contribution >= 4 is 5.69 Å². The van der Waals surface area contributed by atoms with Crippen LogP contribution in [-0.2, 0) is 6.42 Å². The second-order valence-electron chi connectivity index (χ2n) is 4.75. The highest BCUT2D eigenvalue weighted by atomic mass is 15.1. The Kier molecular flexibility index (Phi) is 3.30. The number of benzene rings is 1. The van der Waals surface area contributed by atoms with E-state index in [2.05, 4.69) is 42.7 Å². The lowest BCUT2D eigenvalue weighted by atomic mass is 9.98. The van der Waals surface area contributed by atoms with Gasteiger partial charge in [-0.3, -0.25) is 0 Å². The van der Waals surface area contributed by atoms with E-state index in [1.807, 2.05) is 0 Å². The maximum atomic E-state index is 6.08. The average molecular weight is 216 g/mol. The number of rotatable bonds is 3. The summed E-state index contributed by atoms with van der Waals surface area (Å²) in [5.74, 6) is 0. The predicted molar refractivity (Wildman–Crippen MR) is 69.8 cm³/mol. The molecule has 0 fully saturated rings. The fraction of sp³-hybridized carbons (Fsp3) is 0.429. The summed E-state index contributed by atoms with van der Waals surface area (Å²) in [7, 11) is 0. The first kappa shape index (κ1) is 11.2. The van der Waals surface area contributed by atoms with Crippen LogP contribution >= 0.6 is 0 Å². The fourth-order valence-corrected chi connectivity index (χ4v) is 2.26. The molecule has 1 atom stereocenters. The summed E-state index contributed by atoms with van der Waals surface area (Å²) >= 11 is 0. The minimum absolute atomic E-state index is 0.264. The van der Waals surface area contributed by atoms with Gasteiger partial charge in [-0.05, 0) is 31.4 Å². The first-order valence-electron chi connectivity index (χ1n) is 5.89. The van der Waals surface area contributed by atoms with E-state index in [0.717, 1.165) is 25.9 Å². The predicted octanol–water partition coefficient (Wildman–Crippen LogP) is 2.34. The Balaban J connectivity index is 2.16.